The number of carbonyl (C=O) groups excluding carboxylic acids is 1. The van der Waals surface area contributed by atoms with Gasteiger partial charge in [-0.15, -0.1) is 11.8 Å². The number of aromatic nitrogens is 4. The molecule has 0 bridgehead atoms. The average Bonchev–Trinajstić information content (AvgIpc) is 2.92. The van der Waals surface area contributed by atoms with E-state index >= 15 is 0 Å². The molecule has 6 nitrogen and oxygen atoms in total. The highest BCUT2D eigenvalue weighted by Gasteiger charge is 2.34. The molecule has 0 fully saturated rings. The van der Waals surface area contributed by atoms with E-state index in [4.69, 9.17) is 0 Å². The fraction of sp³-hybridized carbons (Fsp3) is 0.385. The summed E-state index contributed by atoms with van der Waals surface area (Å²) < 4.78 is 40.4. The van der Waals surface area contributed by atoms with E-state index in [-0.39, 0.29) is 22.0 Å². The van der Waals surface area contributed by atoms with E-state index in [1.807, 2.05) is 0 Å². The molecule has 0 aliphatic heterocycles. The lowest BCUT2D eigenvalue weighted by Gasteiger charge is -2.16. The maximum absolute atomic E-state index is 13.0. The Labute approximate surface area is 134 Å². The molecular formula is C13H14F3N5OS. The van der Waals surface area contributed by atoms with Crippen LogP contribution in [0.1, 0.15) is 28.4 Å². The zero-order valence-corrected chi connectivity index (χ0v) is 13.4. The first-order chi connectivity index (χ1) is 10.8. The van der Waals surface area contributed by atoms with Gasteiger partial charge in [-0.2, -0.15) is 13.2 Å². The molecule has 23 heavy (non-hydrogen) atoms. The Morgan fingerprint density at radius 1 is 1.39 bits per heavy atom. The summed E-state index contributed by atoms with van der Waals surface area (Å²) in [6, 6.07) is 2.07. The maximum atomic E-state index is 13.0. The zero-order chi connectivity index (χ0) is 17.2. The van der Waals surface area contributed by atoms with E-state index in [1.54, 1.807) is 6.92 Å². The van der Waals surface area contributed by atoms with Gasteiger partial charge < -0.3 is 0 Å². The van der Waals surface area contributed by atoms with Gasteiger partial charge in [0.2, 0.25) is 5.95 Å². The lowest BCUT2D eigenvalue weighted by atomic mass is 10.0. The van der Waals surface area contributed by atoms with Crippen LogP contribution in [-0.2, 0) is 12.7 Å². The Bertz CT molecular complexity index is 729. The van der Waals surface area contributed by atoms with Crippen LogP contribution < -0.4 is 5.32 Å². The van der Waals surface area contributed by atoms with E-state index in [0.29, 0.717) is 6.54 Å². The van der Waals surface area contributed by atoms with Gasteiger partial charge in [-0.25, -0.2) is 4.68 Å². The molecule has 124 valence electrons. The van der Waals surface area contributed by atoms with Gasteiger partial charge in [0, 0.05) is 17.0 Å². The van der Waals surface area contributed by atoms with Crippen LogP contribution >= 0.6 is 11.8 Å². The van der Waals surface area contributed by atoms with Gasteiger partial charge in [-0.1, -0.05) is 5.10 Å². The number of rotatable bonds is 4. The first kappa shape index (κ1) is 17.3. The largest absolute Gasteiger partial charge is 0.417 e. The van der Waals surface area contributed by atoms with Crippen LogP contribution in [0.2, 0.25) is 0 Å². The molecule has 0 aliphatic carbocycles. The lowest BCUT2D eigenvalue weighted by molar-refractivity contribution is -0.139. The van der Waals surface area contributed by atoms with Gasteiger partial charge in [0.05, 0.1) is 5.56 Å². The second-order valence-electron chi connectivity index (χ2n) is 4.59. The van der Waals surface area contributed by atoms with Gasteiger partial charge in [-0.3, -0.25) is 10.1 Å². The van der Waals surface area contributed by atoms with Crippen molar-refractivity contribution in [2.24, 2.45) is 0 Å². The first-order valence-corrected chi connectivity index (χ1v) is 7.84. The Hall–Kier alpha value is -2.10. The molecule has 0 saturated carbocycles. The molecular weight excluding hydrogens is 331 g/mol. The van der Waals surface area contributed by atoms with Crippen LogP contribution in [0.3, 0.4) is 0 Å². The van der Waals surface area contributed by atoms with Crippen molar-refractivity contribution in [3.8, 4) is 0 Å². The Balaban J connectivity index is 2.38. The van der Waals surface area contributed by atoms with Gasteiger partial charge in [0.25, 0.3) is 5.91 Å². The number of alkyl halides is 3. The molecule has 0 unspecified atom stereocenters. The van der Waals surface area contributed by atoms with Crippen molar-refractivity contribution >= 4 is 23.6 Å². The normalized spacial score (nSPS) is 11.6. The number of thioether (sulfide) groups is 1. The highest BCUT2D eigenvalue weighted by molar-refractivity contribution is 7.98. The molecule has 1 N–H and O–H groups in total. The number of carbonyl (C=O) groups is 1. The molecule has 10 heteroatoms. The number of nitrogens with one attached hydrogen (secondary N) is 1. The van der Waals surface area contributed by atoms with Gasteiger partial charge in [-0.05, 0) is 48.2 Å². The zero-order valence-electron chi connectivity index (χ0n) is 12.6. The summed E-state index contributed by atoms with van der Waals surface area (Å²) in [6.45, 7) is 3.73. The number of anilines is 1. The molecule has 0 aliphatic rings. The molecule has 2 aromatic rings. The van der Waals surface area contributed by atoms with Crippen LogP contribution in [0.25, 0.3) is 0 Å². The molecule has 0 atom stereocenters. The van der Waals surface area contributed by atoms with Crippen LogP contribution in [0.4, 0.5) is 19.1 Å². The minimum absolute atomic E-state index is 0.0280. The molecule has 0 saturated heterocycles. The minimum Gasteiger partial charge on any atom is -0.289 e. The van der Waals surface area contributed by atoms with E-state index in [0.717, 1.165) is 23.9 Å². The topological polar surface area (TPSA) is 72.7 Å². The van der Waals surface area contributed by atoms with Crippen LogP contribution in [0.15, 0.2) is 17.0 Å². The number of hydrogen-bond donors (Lipinski definition) is 1. The summed E-state index contributed by atoms with van der Waals surface area (Å²) in [5.41, 5.74) is -0.342. The number of benzene rings is 1. The highest BCUT2D eigenvalue weighted by Crippen LogP contribution is 2.38. The highest BCUT2D eigenvalue weighted by atomic mass is 32.2. The van der Waals surface area contributed by atoms with Crippen molar-refractivity contribution in [3.05, 3.63) is 28.8 Å². The fourth-order valence-corrected chi connectivity index (χ4v) is 2.92. The summed E-state index contributed by atoms with van der Waals surface area (Å²) in [5.74, 6) is -0.418. The number of hydrogen-bond acceptors (Lipinski definition) is 5. The molecule has 1 amide bonds. The van der Waals surface area contributed by atoms with Gasteiger partial charge >= 0.3 is 6.18 Å². The smallest absolute Gasteiger partial charge is 0.289 e. The van der Waals surface area contributed by atoms with Crippen molar-refractivity contribution in [1.29, 1.82) is 0 Å². The molecule has 1 aromatic heterocycles. The SMILES string of the molecule is CCn1nnnc1NC(=O)c1ccc(C(F)(F)F)c(SC)c1C. The van der Waals surface area contributed by atoms with Gasteiger partial charge in [0.1, 0.15) is 0 Å². The van der Waals surface area contributed by atoms with E-state index in [2.05, 4.69) is 20.8 Å². The number of halogens is 3. The maximum Gasteiger partial charge on any atom is 0.417 e. The second-order valence-corrected chi connectivity index (χ2v) is 5.41. The molecule has 0 radical (unpaired) electrons. The molecule has 1 aromatic carbocycles. The molecule has 1 heterocycles. The predicted molar refractivity (Wildman–Crippen MR) is 79.4 cm³/mol. The first-order valence-electron chi connectivity index (χ1n) is 6.61. The molecule has 0 spiro atoms. The quantitative estimate of drug-likeness (QED) is 0.863. The number of amides is 1. The summed E-state index contributed by atoms with van der Waals surface area (Å²) >= 11 is 0.951. The monoisotopic (exact) mass is 345 g/mol. The Kier molecular flexibility index (Phi) is 4.93. The fourth-order valence-electron chi connectivity index (χ4n) is 2.10. The van der Waals surface area contributed by atoms with Crippen LogP contribution in [0, 0.1) is 6.92 Å². The lowest BCUT2D eigenvalue weighted by Crippen LogP contribution is -2.18. The van der Waals surface area contributed by atoms with Crippen LogP contribution in [-0.4, -0.2) is 32.4 Å². The van der Waals surface area contributed by atoms with Crippen molar-refractivity contribution < 1.29 is 18.0 Å². The third kappa shape index (κ3) is 3.46. The van der Waals surface area contributed by atoms with Crippen molar-refractivity contribution in [2.45, 2.75) is 31.5 Å². The van der Waals surface area contributed by atoms with Crippen LogP contribution in [0.5, 0.6) is 0 Å². The Morgan fingerprint density at radius 3 is 2.65 bits per heavy atom. The van der Waals surface area contributed by atoms with Crippen molar-refractivity contribution in [2.75, 3.05) is 11.6 Å². The van der Waals surface area contributed by atoms with E-state index in [9.17, 15) is 18.0 Å². The van der Waals surface area contributed by atoms with Gasteiger partial charge in [0.15, 0.2) is 0 Å². The summed E-state index contributed by atoms with van der Waals surface area (Å²) in [5, 5.41) is 13.3. The minimum atomic E-state index is -4.47. The second kappa shape index (κ2) is 6.57. The number of nitrogens with zero attached hydrogens (tertiary/aromatic N) is 4. The third-order valence-electron chi connectivity index (χ3n) is 3.22. The Morgan fingerprint density at radius 2 is 2.09 bits per heavy atom. The molecule has 2 rings (SSSR count). The summed E-state index contributed by atoms with van der Waals surface area (Å²) in [6.07, 6.45) is -2.93. The number of tetrazole rings is 1. The van der Waals surface area contributed by atoms with E-state index in [1.165, 1.54) is 17.9 Å². The van der Waals surface area contributed by atoms with E-state index < -0.39 is 17.6 Å². The third-order valence-corrected chi connectivity index (χ3v) is 4.15. The number of aryl methyl sites for hydroxylation is 1. The standard InChI is InChI=1S/C13H14F3N5OS/c1-4-21-12(18-19-20-21)17-11(22)8-5-6-9(13(14,15)16)10(23-3)7(8)2/h5-6H,4H2,1-3H3,(H,17,18,20,22). The van der Waals surface area contributed by atoms with Crippen molar-refractivity contribution in [3.63, 3.8) is 0 Å². The summed E-state index contributed by atoms with van der Waals surface area (Å²) in [7, 11) is 0. The predicted octanol–water partition coefficient (Wildman–Crippen LogP) is 2.99. The average molecular weight is 345 g/mol. The summed E-state index contributed by atoms with van der Waals surface area (Å²) in [4.78, 5) is 12.3. The van der Waals surface area contributed by atoms with Crippen molar-refractivity contribution in [1.82, 2.24) is 20.2 Å².